The number of rotatable bonds is 7. The van der Waals surface area contributed by atoms with E-state index in [1.54, 1.807) is 46.6 Å². The minimum Gasteiger partial charge on any atom is -0.435 e. The Morgan fingerprint density at radius 3 is 2.52 bits per heavy atom. The van der Waals surface area contributed by atoms with Gasteiger partial charge in [-0.15, -0.1) is 0 Å². The zero-order valence-corrected chi connectivity index (χ0v) is 24.1. The van der Waals surface area contributed by atoms with E-state index in [-0.39, 0.29) is 17.6 Å². The summed E-state index contributed by atoms with van der Waals surface area (Å²) in [4.78, 5) is 38.8. The zero-order valence-electron chi connectivity index (χ0n) is 24.1. The number of β-amino-alcohol motifs (C(OH)–C–C–N with tert-alkyl or cyclic N) is 1. The van der Waals surface area contributed by atoms with Crippen molar-refractivity contribution in [2.75, 3.05) is 44.6 Å². The molecule has 2 fully saturated rings. The van der Waals surface area contributed by atoms with Crippen LogP contribution < -0.4 is 15.4 Å². The van der Waals surface area contributed by atoms with E-state index < -0.39 is 18.6 Å². The number of hydrogen-bond acceptors (Lipinski definition) is 8. The molecule has 230 valence electrons. The van der Waals surface area contributed by atoms with Crippen LogP contribution in [0.5, 0.6) is 5.75 Å². The SMILES string of the molecule is Cc1cc(Nc2nccn3c(-c4ccc(OC(F)F)cc4)cnc23)ccc1C(=O)N1CCN(C(=O)[C@H]2CCNC[C@@H]2O)CC1. The zero-order chi connectivity index (χ0) is 30.8. The highest BCUT2D eigenvalue weighted by molar-refractivity contribution is 5.96. The van der Waals surface area contributed by atoms with E-state index in [9.17, 15) is 23.5 Å². The van der Waals surface area contributed by atoms with Crippen LogP contribution in [-0.4, -0.2) is 93.1 Å². The van der Waals surface area contributed by atoms with E-state index in [4.69, 9.17) is 0 Å². The van der Waals surface area contributed by atoms with Gasteiger partial charge in [-0.3, -0.25) is 14.0 Å². The molecule has 0 radical (unpaired) electrons. The number of carbonyl (C=O) groups is 2. The third-order valence-electron chi connectivity index (χ3n) is 8.17. The highest BCUT2D eigenvalue weighted by Crippen LogP contribution is 2.28. The average molecular weight is 606 g/mol. The summed E-state index contributed by atoms with van der Waals surface area (Å²) in [5.41, 5.74) is 4.19. The molecule has 0 aliphatic carbocycles. The number of piperazine rings is 1. The molecule has 2 amide bonds. The number of ether oxygens (including phenoxy) is 1. The van der Waals surface area contributed by atoms with Gasteiger partial charge in [0, 0.05) is 61.9 Å². The number of amides is 2. The summed E-state index contributed by atoms with van der Waals surface area (Å²) in [5.74, 6) is 0.0602. The smallest absolute Gasteiger partial charge is 0.387 e. The van der Waals surface area contributed by atoms with Crippen molar-refractivity contribution in [1.82, 2.24) is 29.5 Å². The van der Waals surface area contributed by atoms with Crippen molar-refractivity contribution in [3.63, 3.8) is 0 Å². The fourth-order valence-electron chi connectivity index (χ4n) is 5.81. The maximum atomic E-state index is 13.4. The minimum atomic E-state index is -2.89. The number of anilines is 2. The third kappa shape index (κ3) is 6.06. The van der Waals surface area contributed by atoms with Crippen molar-refractivity contribution >= 4 is 29.0 Å². The van der Waals surface area contributed by atoms with Gasteiger partial charge in [-0.25, -0.2) is 9.97 Å². The molecule has 2 atom stereocenters. The Morgan fingerprint density at radius 1 is 1.07 bits per heavy atom. The summed E-state index contributed by atoms with van der Waals surface area (Å²) in [7, 11) is 0. The van der Waals surface area contributed by atoms with Crippen LogP contribution in [0.3, 0.4) is 0 Å². The Balaban J connectivity index is 1.11. The molecule has 0 unspecified atom stereocenters. The minimum absolute atomic E-state index is 0.0386. The van der Waals surface area contributed by atoms with Gasteiger partial charge in [0.05, 0.1) is 23.9 Å². The van der Waals surface area contributed by atoms with Gasteiger partial charge in [-0.05, 0) is 67.9 Å². The quantitative estimate of drug-likeness (QED) is 0.293. The Labute approximate surface area is 252 Å². The first-order valence-corrected chi connectivity index (χ1v) is 14.5. The standard InChI is InChI=1S/C31H33F2N7O4/c1-19-16-21(4-7-23(19)29(42)38-12-14-39(15-13-38)30(43)24-8-9-34-18-26(24)41)37-27-28-36-17-25(40(28)11-10-35-27)20-2-5-22(6-3-20)44-31(32)33/h2-7,10-11,16-17,24,26,31,34,41H,8-9,12-15,18H2,1H3,(H,35,37)/t24-,26-/m0/s1. The molecule has 2 aromatic carbocycles. The fourth-order valence-corrected chi connectivity index (χ4v) is 5.81. The lowest BCUT2D eigenvalue weighted by Crippen LogP contribution is -2.55. The molecular weight excluding hydrogens is 572 g/mol. The number of alkyl halides is 2. The van der Waals surface area contributed by atoms with E-state index in [1.807, 2.05) is 23.5 Å². The Bertz CT molecular complexity index is 1650. The second-order valence-electron chi connectivity index (χ2n) is 11.0. The molecule has 13 heteroatoms. The molecule has 2 aliphatic heterocycles. The molecule has 44 heavy (non-hydrogen) atoms. The monoisotopic (exact) mass is 605 g/mol. The maximum Gasteiger partial charge on any atom is 0.387 e. The van der Waals surface area contributed by atoms with Crippen LogP contribution >= 0.6 is 0 Å². The molecule has 2 saturated heterocycles. The van der Waals surface area contributed by atoms with Crippen molar-refractivity contribution in [2.24, 2.45) is 5.92 Å². The highest BCUT2D eigenvalue weighted by Gasteiger charge is 2.34. The Hall–Kier alpha value is -4.62. The van der Waals surface area contributed by atoms with Gasteiger partial charge < -0.3 is 30.3 Å². The van der Waals surface area contributed by atoms with E-state index in [0.29, 0.717) is 62.7 Å². The van der Waals surface area contributed by atoms with Crippen molar-refractivity contribution in [3.05, 3.63) is 72.2 Å². The molecule has 2 aromatic heterocycles. The molecule has 11 nitrogen and oxygen atoms in total. The summed E-state index contributed by atoms with van der Waals surface area (Å²) in [6.45, 7) is 1.86. The first kappa shape index (κ1) is 29.5. The number of nitrogens with zero attached hydrogens (tertiary/aromatic N) is 5. The van der Waals surface area contributed by atoms with E-state index in [1.165, 1.54) is 12.1 Å². The number of aliphatic hydroxyl groups is 1. The van der Waals surface area contributed by atoms with Crippen LogP contribution in [0.1, 0.15) is 22.3 Å². The maximum absolute atomic E-state index is 13.4. The summed E-state index contributed by atoms with van der Waals surface area (Å²) in [6.07, 6.45) is 5.01. The molecule has 0 saturated carbocycles. The van der Waals surface area contributed by atoms with Gasteiger partial charge in [0.1, 0.15) is 5.75 Å². The first-order chi connectivity index (χ1) is 21.3. The lowest BCUT2D eigenvalue weighted by molar-refractivity contribution is -0.141. The number of halogens is 2. The summed E-state index contributed by atoms with van der Waals surface area (Å²) < 4.78 is 31.3. The van der Waals surface area contributed by atoms with E-state index in [0.717, 1.165) is 22.5 Å². The molecule has 2 aliphatic rings. The van der Waals surface area contributed by atoms with Gasteiger partial charge in [0.2, 0.25) is 5.91 Å². The average Bonchev–Trinajstić information content (AvgIpc) is 3.46. The number of aliphatic hydroxyl groups excluding tert-OH is 1. The Morgan fingerprint density at radius 2 is 1.82 bits per heavy atom. The number of nitrogens with one attached hydrogen (secondary N) is 2. The number of piperidine rings is 1. The predicted octanol–water partition coefficient (Wildman–Crippen LogP) is 3.30. The largest absolute Gasteiger partial charge is 0.435 e. The number of hydrogen-bond donors (Lipinski definition) is 3. The summed E-state index contributed by atoms with van der Waals surface area (Å²) in [6, 6.07) is 11.8. The van der Waals surface area contributed by atoms with Crippen LogP contribution in [0.2, 0.25) is 0 Å². The van der Waals surface area contributed by atoms with E-state index >= 15 is 0 Å². The number of aryl methyl sites for hydroxylation is 1. The van der Waals surface area contributed by atoms with Crippen LogP contribution in [0.4, 0.5) is 20.3 Å². The molecule has 4 heterocycles. The normalized spacial score (nSPS) is 18.9. The molecule has 4 aromatic rings. The third-order valence-corrected chi connectivity index (χ3v) is 8.17. The molecule has 0 spiro atoms. The highest BCUT2D eigenvalue weighted by atomic mass is 19.3. The topological polar surface area (TPSA) is 124 Å². The number of carbonyl (C=O) groups excluding carboxylic acids is 2. The van der Waals surface area contributed by atoms with Gasteiger partial charge in [-0.2, -0.15) is 8.78 Å². The molecular formula is C31H33F2N7O4. The number of benzene rings is 2. The van der Waals surface area contributed by atoms with Gasteiger partial charge >= 0.3 is 6.61 Å². The van der Waals surface area contributed by atoms with Gasteiger partial charge in [0.25, 0.3) is 5.91 Å². The van der Waals surface area contributed by atoms with Gasteiger partial charge in [0.15, 0.2) is 11.5 Å². The van der Waals surface area contributed by atoms with Crippen molar-refractivity contribution in [1.29, 1.82) is 0 Å². The second-order valence-corrected chi connectivity index (χ2v) is 11.0. The van der Waals surface area contributed by atoms with Crippen molar-refractivity contribution in [2.45, 2.75) is 26.1 Å². The Kier molecular flexibility index (Phi) is 8.40. The first-order valence-electron chi connectivity index (χ1n) is 14.5. The van der Waals surface area contributed by atoms with E-state index in [2.05, 4.69) is 25.3 Å². The fraction of sp³-hybridized carbons (Fsp3) is 0.355. The molecule has 0 bridgehead atoms. The summed E-state index contributed by atoms with van der Waals surface area (Å²) >= 11 is 0. The van der Waals surface area contributed by atoms with Crippen molar-refractivity contribution < 1.29 is 28.2 Å². The lowest BCUT2D eigenvalue weighted by atomic mass is 9.93. The molecule has 6 rings (SSSR count). The lowest BCUT2D eigenvalue weighted by Gasteiger charge is -2.38. The molecule has 3 N–H and O–H groups in total. The van der Waals surface area contributed by atoms with Crippen LogP contribution in [0, 0.1) is 12.8 Å². The van der Waals surface area contributed by atoms with Crippen LogP contribution in [0.15, 0.2) is 61.1 Å². The van der Waals surface area contributed by atoms with Gasteiger partial charge in [-0.1, -0.05) is 0 Å². The predicted molar refractivity (Wildman–Crippen MR) is 159 cm³/mol. The number of fused-ring (bicyclic) bond motifs is 1. The summed E-state index contributed by atoms with van der Waals surface area (Å²) in [5, 5.41) is 16.6. The van der Waals surface area contributed by atoms with Crippen molar-refractivity contribution in [3.8, 4) is 17.0 Å². The second kappa shape index (κ2) is 12.5. The number of aromatic nitrogens is 3. The number of imidazole rings is 1. The van der Waals surface area contributed by atoms with Crippen LogP contribution in [0.25, 0.3) is 16.9 Å². The van der Waals surface area contributed by atoms with Crippen LogP contribution in [-0.2, 0) is 4.79 Å².